The quantitative estimate of drug-likeness (QED) is 0.156. The minimum Gasteiger partial charge on any atom is -0.446 e. The molecule has 0 aliphatic carbocycles. The lowest BCUT2D eigenvalue weighted by Gasteiger charge is -2.32. The van der Waals surface area contributed by atoms with Gasteiger partial charge in [-0.25, -0.2) is 4.79 Å². The lowest BCUT2D eigenvalue weighted by Crippen LogP contribution is -2.42. The summed E-state index contributed by atoms with van der Waals surface area (Å²) in [5.74, 6) is -0.400. The van der Waals surface area contributed by atoms with Gasteiger partial charge in [-0.05, 0) is 48.7 Å². The molecule has 4 aromatic rings. The van der Waals surface area contributed by atoms with Gasteiger partial charge in [0.15, 0.2) is 0 Å². The molecule has 0 radical (unpaired) electrons. The number of anilines is 1. The Labute approximate surface area is 276 Å². The molecule has 3 amide bonds. The van der Waals surface area contributed by atoms with E-state index < -0.39 is 6.09 Å². The third-order valence-electron chi connectivity index (χ3n) is 8.92. The number of carbonyl (C=O) groups excluding carboxylic acids is 3. The Kier molecular flexibility index (Phi) is 9.75. The van der Waals surface area contributed by atoms with E-state index in [4.69, 9.17) is 9.72 Å². The Bertz CT molecular complexity index is 1700. The number of carbonyl (C=O) groups is 3. The smallest absolute Gasteiger partial charge is 0.411 e. The van der Waals surface area contributed by atoms with Crippen LogP contribution in [0.4, 0.5) is 10.5 Å². The third kappa shape index (κ3) is 7.93. The summed E-state index contributed by atoms with van der Waals surface area (Å²) in [4.78, 5) is 46.9. The van der Waals surface area contributed by atoms with Gasteiger partial charge in [0.25, 0.3) is 11.8 Å². The minimum absolute atomic E-state index is 0.132. The highest BCUT2D eigenvalue weighted by molar-refractivity contribution is 6.21. The van der Waals surface area contributed by atoms with E-state index in [0.717, 1.165) is 73.8 Å². The van der Waals surface area contributed by atoms with Crippen LogP contribution in [0.3, 0.4) is 0 Å². The topological polar surface area (TPSA) is 91.8 Å². The van der Waals surface area contributed by atoms with Crippen molar-refractivity contribution < 1.29 is 23.6 Å². The predicted molar refractivity (Wildman–Crippen MR) is 182 cm³/mol. The largest absolute Gasteiger partial charge is 0.446 e. The molecule has 9 heteroatoms. The number of amides is 3. The second kappa shape index (κ2) is 14.3. The molecule has 2 aliphatic heterocycles. The summed E-state index contributed by atoms with van der Waals surface area (Å²) in [6.45, 7) is 4.34. The van der Waals surface area contributed by atoms with E-state index in [1.165, 1.54) is 4.90 Å². The van der Waals surface area contributed by atoms with Gasteiger partial charge in [0, 0.05) is 38.2 Å². The number of para-hydroxylation sites is 1. The molecule has 6 rings (SSSR count). The van der Waals surface area contributed by atoms with Crippen LogP contribution in [-0.2, 0) is 17.8 Å². The van der Waals surface area contributed by atoms with Crippen LogP contribution in [-0.4, -0.2) is 83.6 Å². The number of aromatic nitrogens is 1. The van der Waals surface area contributed by atoms with Crippen molar-refractivity contribution in [1.82, 2.24) is 14.8 Å². The van der Waals surface area contributed by atoms with Gasteiger partial charge in [-0.3, -0.25) is 29.7 Å². The van der Waals surface area contributed by atoms with Crippen LogP contribution in [0.25, 0.3) is 11.1 Å². The Morgan fingerprint density at radius 2 is 1.43 bits per heavy atom. The number of fused-ring (bicyclic) bond motifs is 1. The highest BCUT2D eigenvalue weighted by atomic mass is 16.6. The number of hydrogen-bond acceptors (Lipinski definition) is 6. The summed E-state index contributed by atoms with van der Waals surface area (Å²) in [6.07, 6.45) is 1.69. The number of benzene rings is 3. The van der Waals surface area contributed by atoms with E-state index in [-0.39, 0.29) is 17.9 Å². The second-order valence-corrected chi connectivity index (χ2v) is 13.0. The van der Waals surface area contributed by atoms with Gasteiger partial charge >= 0.3 is 6.09 Å². The summed E-state index contributed by atoms with van der Waals surface area (Å²) < 4.78 is 6.51. The second-order valence-electron chi connectivity index (χ2n) is 13.0. The lowest BCUT2D eigenvalue weighted by molar-refractivity contribution is -0.904. The molecule has 1 N–H and O–H groups in total. The van der Waals surface area contributed by atoms with Crippen LogP contribution < -0.4 is 5.32 Å². The molecule has 3 heterocycles. The maximum Gasteiger partial charge on any atom is 0.411 e. The van der Waals surface area contributed by atoms with E-state index in [2.05, 4.69) is 42.5 Å². The van der Waals surface area contributed by atoms with Crippen molar-refractivity contribution in [3.05, 3.63) is 120 Å². The monoisotopic (exact) mass is 632 g/mol. The molecular formula is C38H42N5O4+. The number of likely N-dealkylation sites (tertiary alicyclic amines) is 1. The average Bonchev–Trinajstić information content (AvgIpc) is 3.31. The number of ether oxygens (including phenoxy) is 1. The molecule has 1 saturated heterocycles. The molecule has 1 fully saturated rings. The average molecular weight is 633 g/mol. The third-order valence-corrected chi connectivity index (χ3v) is 8.92. The van der Waals surface area contributed by atoms with Gasteiger partial charge in [-0.2, -0.15) is 0 Å². The molecule has 242 valence electrons. The molecule has 47 heavy (non-hydrogen) atoms. The molecule has 1 aromatic heterocycles. The first-order chi connectivity index (χ1) is 22.8. The molecule has 0 atom stereocenters. The number of quaternary nitrogens is 1. The minimum atomic E-state index is -0.425. The van der Waals surface area contributed by atoms with Crippen molar-refractivity contribution >= 4 is 23.6 Å². The fraction of sp³-hybridized carbons (Fsp3) is 0.316. The Balaban J connectivity index is 0.946. The molecule has 9 nitrogen and oxygen atoms in total. The number of rotatable bonds is 11. The number of nitrogens with zero attached hydrogens (tertiary/aromatic N) is 4. The summed E-state index contributed by atoms with van der Waals surface area (Å²) in [5, 5.41) is 2.95. The van der Waals surface area contributed by atoms with Crippen LogP contribution in [0.15, 0.2) is 97.1 Å². The highest BCUT2D eigenvalue weighted by Gasteiger charge is 2.35. The maximum absolute atomic E-state index is 12.8. The van der Waals surface area contributed by atoms with Crippen LogP contribution in [0.1, 0.15) is 51.4 Å². The van der Waals surface area contributed by atoms with Crippen molar-refractivity contribution in [2.75, 3.05) is 45.6 Å². The zero-order valence-corrected chi connectivity index (χ0v) is 27.1. The van der Waals surface area contributed by atoms with Crippen molar-refractivity contribution in [2.45, 2.75) is 38.5 Å². The van der Waals surface area contributed by atoms with E-state index >= 15 is 0 Å². The molecule has 0 spiro atoms. The van der Waals surface area contributed by atoms with Crippen LogP contribution in [0, 0.1) is 0 Å². The van der Waals surface area contributed by atoms with Crippen molar-refractivity contribution in [3.63, 3.8) is 0 Å². The van der Waals surface area contributed by atoms with Crippen molar-refractivity contribution in [1.29, 1.82) is 0 Å². The Hall–Kier alpha value is -4.86. The number of imide groups is 1. The first kappa shape index (κ1) is 32.1. The summed E-state index contributed by atoms with van der Waals surface area (Å²) in [5.41, 5.74) is 5.75. The van der Waals surface area contributed by atoms with E-state index in [1.54, 1.807) is 24.3 Å². The van der Waals surface area contributed by atoms with Crippen molar-refractivity contribution in [3.8, 4) is 11.1 Å². The maximum atomic E-state index is 12.8. The first-order valence-electron chi connectivity index (χ1n) is 16.3. The van der Waals surface area contributed by atoms with Gasteiger partial charge in [-0.15, -0.1) is 0 Å². The van der Waals surface area contributed by atoms with Gasteiger partial charge in [-0.1, -0.05) is 66.7 Å². The van der Waals surface area contributed by atoms with E-state index in [0.29, 0.717) is 28.6 Å². The lowest BCUT2D eigenvalue weighted by atomic mass is 10.0. The predicted octanol–water partition coefficient (Wildman–Crippen LogP) is 6.22. The number of hydrogen-bond donors (Lipinski definition) is 1. The molecular weight excluding hydrogens is 590 g/mol. The Morgan fingerprint density at radius 3 is 2.13 bits per heavy atom. The SMILES string of the molecule is C[N+](C)(CCCN1C(=O)c2ccccc2C1=O)Cc1cccc(CN2CCC(OC(=O)Nc3ccccc3-c3ccccc3)CC2)n1. The molecule has 0 saturated carbocycles. The number of nitrogens with one attached hydrogen (secondary N) is 1. The van der Waals surface area contributed by atoms with Crippen molar-refractivity contribution in [2.24, 2.45) is 0 Å². The van der Waals surface area contributed by atoms with Crippen LogP contribution in [0.2, 0.25) is 0 Å². The van der Waals surface area contributed by atoms with Gasteiger partial charge in [0.1, 0.15) is 12.6 Å². The number of piperidine rings is 1. The normalized spacial score (nSPS) is 15.5. The Morgan fingerprint density at radius 1 is 0.809 bits per heavy atom. The molecule has 0 unspecified atom stereocenters. The van der Waals surface area contributed by atoms with Crippen LogP contribution in [0.5, 0.6) is 0 Å². The molecule has 2 aliphatic rings. The first-order valence-corrected chi connectivity index (χ1v) is 16.3. The summed E-state index contributed by atoms with van der Waals surface area (Å²) in [6, 6.07) is 30.9. The van der Waals surface area contributed by atoms with E-state index in [9.17, 15) is 14.4 Å². The van der Waals surface area contributed by atoms with Crippen LogP contribution >= 0.6 is 0 Å². The molecule has 0 bridgehead atoms. The summed E-state index contributed by atoms with van der Waals surface area (Å²) >= 11 is 0. The zero-order valence-electron chi connectivity index (χ0n) is 27.1. The number of pyridine rings is 1. The van der Waals surface area contributed by atoms with Gasteiger partial charge in [0.2, 0.25) is 0 Å². The van der Waals surface area contributed by atoms with Gasteiger partial charge < -0.3 is 9.22 Å². The summed E-state index contributed by atoms with van der Waals surface area (Å²) in [7, 11) is 4.30. The zero-order chi connectivity index (χ0) is 32.8. The van der Waals surface area contributed by atoms with Gasteiger partial charge in [0.05, 0.1) is 48.8 Å². The van der Waals surface area contributed by atoms with E-state index in [1.807, 2.05) is 54.6 Å². The fourth-order valence-corrected chi connectivity index (χ4v) is 6.49. The molecule has 3 aromatic carbocycles. The highest BCUT2D eigenvalue weighted by Crippen LogP contribution is 2.28. The fourth-order valence-electron chi connectivity index (χ4n) is 6.49. The standard InChI is InChI=1S/C38H41N5O4/c1-43(2,25-11-22-42-36(44)33-17-6-7-18-34(33)37(42)45)27-30-15-10-14-29(39-30)26-41-23-20-31(21-24-41)47-38(46)40-35-19-9-8-16-32(35)28-12-4-3-5-13-28/h3-10,12-19,31H,11,20-27H2,1-2H3/p+1.